The number of carbonyl (C=O) groups is 3. The third-order valence-corrected chi connectivity index (χ3v) is 4.71. The quantitative estimate of drug-likeness (QED) is 0.632. The molecule has 2 heterocycles. The molecule has 3 amide bonds. The molecule has 0 fully saturated rings. The molecule has 0 bridgehead atoms. The number of fused-ring (bicyclic) bond motifs is 1. The van der Waals surface area contributed by atoms with Gasteiger partial charge in [-0.05, 0) is 42.1 Å². The second-order valence-electron chi connectivity index (χ2n) is 5.57. The van der Waals surface area contributed by atoms with Gasteiger partial charge in [0, 0.05) is 11.0 Å². The van der Waals surface area contributed by atoms with Crippen molar-refractivity contribution in [2.45, 2.75) is 6.92 Å². The molecule has 3 rings (SSSR count). The number of nitrogens with one attached hydrogen (secondary N) is 2. The Labute approximate surface area is 154 Å². The zero-order valence-corrected chi connectivity index (χ0v) is 14.8. The Balaban J connectivity index is 1.54. The van der Waals surface area contributed by atoms with Crippen LogP contribution in [0.25, 0.3) is 6.08 Å². The summed E-state index contributed by atoms with van der Waals surface area (Å²) in [5.74, 6) is -0.750. The predicted molar refractivity (Wildman–Crippen MR) is 98.7 cm³/mol. The van der Waals surface area contributed by atoms with Gasteiger partial charge in [-0.2, -0.15) is 0 Å². The van der Waals surface area contributed by atoms with Crippen molar-refractivity contribution in [2.75, 3.05) is 18.1 Å². The number of hydrogen-bond donors (Lipinski definition) is 2. The van der Waals surface area contributed by atoms with E-state index in [0.717, 1.165) is 10.4 Å². The number of carbonyl (C=O) groups excluding carboxylic acids is 3. The minimum absolute atomic E-state index is 0.125. The number of para-hydroxylation sites is 2. The molecule has 0 spiro atoms. The van der Waals surface area contributed by atoms with E-state index in [4.69, 9.17) is 4.74 Å². The molecule has 2 aromatic rings. The average Bonchev–Trinajstić information content (AvgIpc) is 3.05. The summed E-state index contributed by atoms with van der Waals surface area (Å²) in [4.78, 5) is 38.2. The molecule has 0 aliphatic carbocycles. The zero-order valence-electron chi connectivity index (χ0n) is 14.0. The van der Waals surface area contributed by atoms with E-state index in [1.54, 1.807) is 30.3 Å². The van der Waals surface area contributed by atoms with Gasteiger partial charge in [-0.3, -0.25) is 30.1 Å². The third kappa shape index (κ3) is 4.09. The number of rotatable bonds is 4. The molecular formula is C18H17N3O4S. The topological polar surface area (TPSA) is 87.7 Å². The van der Waals surface area contributed by atoms with Gasteiger partial charge in [0.1, 0.15) is 12.3 Å². The summed E-state index contributed by atoms with van der Waals surface area (Å²) in [7, 11) is 0. The monoisotopic (exact) mass is 371 g/mol. The van der Waals surface area contributed by atoms with Gasteiger partial charge < -0.3 is 4.74 Å². The average molecular weight is 371 g/mol. The highest BCUT2D eigenvalue weighted by molar-refractivity contribution is 7.11. The number of nitrogens with zero attached hydrogens (tertiary/aromatic N) is 1. The second kappa shape index (κ2) is 7.83. The summed E-state index contributed by atoms with van der Waals surface area (Å²) < 4.78 is 5.32. The molecule has 1 aromatic heterocycles. The van der Waals surface area contributed by atoms with Gasteiger partial charge in [0.05, 0.1) is 5.69 Å². The molecule has 0 saturated heterocycles. The van der Waals surface area contributed by atoms with Crippen LogP contribution in [0.2, 0.25) is 0 Å². The maximum Gasteiger partial charge on any atom is 0.265 e. The molecule has 2 N–H and O–H groups in total. The fraction of sp³-hybridized carbons (Fsp3) is 0.167. The highest BCUT2D eigenvalue weighted by atomic mass is 32.1. The van der Waals surface area contributed by atoms with E-state index in [1.807, 2.05) is 18.4 Å². The lowest BCUT2D eigenvalue weighted by Gasteiger charge is -2.28. The van der Waals surface area contributed by atoms with Crippen LogP contribution < -0.4 is 20.5 Å². The number of anilines is 1. The smallest absolute Gasteiger partial charge is 0.265 e. The molecule has 8 heteroatoms. The Morgan fingerprint density at radius 1 is 1.27 bits per heavy atom. The van der Waals surface area contributed by atoms with E-state index in [2.05, 4.69) is 10.9 Å². The summed E-state index contributed by atoms with van der Waals surface area (Å²) in [6.45, 7) is 1.61. The Hall–Kier alpha value is -3.13. The van der Waals surface area contributed by atoms with E-state index >= 15 is 0 Å². The van der Waals surface area contributed by atoms with Crippen molar-refractivity contribution in [3.8, 4) is 5.75 Å². The maximum absolute atomic E-state index is 12.1. The lowest BCUT2D eigenvalue weighted by atomic mass is 10.2. The van der Waals surface area contributed by atoms with Gasteiger partial charge in [-0.15, -0.1) is 11.3 Å². The number of thiophene rings is 1. The summed E-state index contributed by atoms with van der Waals surface area (Å²) in [5.41, 5.74) is 6.21. The van der Waals surface area contributed by atoms with Gasteiger partial charge in [0.2, 0.25) is 0 Å². The van der Waals surface area contributed by atoms with Crippen molar-refractivity contribution < 1.29 is 19.1 Å². The minimum atomic E-state index is -0.510. The minimum Gasteiger partial charge on any atom is -0.482 e. The number of hydrogen-bond acceptors (Lipinski definition) is 5. The van der Waals surface area contributed by atoms with Crippen LogP contribution in [0.3, 0.4) is 0 Å². The summed E-state index contributed by atoms with van der Waals surface area (Å²) in [5, 5.41) is 1.94. The first-order valence-corrected chi connectivity index (χ1v) is 8.76. The molecule has 7 nitrogen and oxygen atoms in total. The lowest BCUT2D eigenvalue weighted by Crippen LogP contribution is -2.49. The lowest BCUT2D eigenvalue weighted by molar-refractivity contribution is -0.127. The Kier molecular flexibility index (Phi) is 5.33. The summed E-state index contributed by atoms with van der Waals surface area (Å²) >= 11 is 1.52. The van der Waals surface area contributed by atoms with Crippen molar-refractivity contribution in [3.05, 3.63) is 52.2 Å². The molecule has 0 atom stereocenters. The van der Waals surface area contributed by atoms with Crippen molar-refractivity contribution in [3.63, 3.8) is 0 Å². The zero-order chi connectivity index (χ0) is 18.5. The molecular weight excluding hydrogens is 354 g/mol. The van der Waals surface area contributed by atoms with E-state index in [1.165, 1.54) is 22.3 Å². The SMILES string of the molecule is Cc1ccsc1/C=C/C(=O)NNC(=O)CN1C(=O)COc2ccccc21. The number of ether oxygens (including phenoxy) is 1. The predicted octanol–water partition coefficient (Wildman–Crippen LogP) is 1.64. The Morgan fingerprint density at radius 2 is 2.08 bits per heavy atom. The number of aryl methyl sites for hydroxylation is 1. The molecule has 1 aromatic carbocycles. The number of benzene rings is 1. The van der Waals surface area contributed by atoms with Crippen LogP contribution in [0.4, 0.5) is 5.69 Å². The molecule has 0 saturated carbocycles. The fourth-order valence-corrected chi connectivity index (χ4v) is 3.21. The number of hydrazine groups is 1. The van der Waals surface area contributed by atoms with Crippen molar-refractivity contribution in [1.82, 2.24) is 10.9 Å². The molecule has 134 valence electrons. The van der Waals surface area contributed by atoms with Crippen LogP contribution in [0, 0.1) is 6.92 Å². The van der Waals surface area contributed by atoms with Gasteiger partial charge in [0.25, 0.3) is 17.7 Å². The first kappa shape index (κ1) is 17.7. The van der Waals surface area contributed by atoms with Crippen molar-refractivity contribution in [2.24, 2.45) is 0 Å². The third-order valence-electron chi connectivity index (χ3n) is 3.72. The molecule has 26 heavy (non-hydrogen) atoms. The standard InChI is InChI=1S/C18H17N3O4S/c1-12-8-9-26-15(12)6-7-16(22)19-20-17(23)10-21-13-4-2-3-5-14(13)25-11-18(21)24/h2-9H,10-11H2,1H3,(H,19,22)(H,20,23)/b7-6+. The summed E-state index contributed by atoms with van der Waals surface area (Å²) in [6.07, 6.45) is 3.03. The highest BCUT2D eigenvalue weighted by Crippen LogP contribution is 2.31. The van der Waals surface area contributed by atoms with Gasteiger partial charge in [-0.1, -0.05) is 12.1 Å². The maximum atomic E-state index is 12.1. The van der Waals surface area contributed by atoms with E-state index < -0.39 is 11.8 Å². The van der Waals surface area contributed by atoms with Gasteiger partial charge in [0.15, 0.2) is 6.61 Å². The van der Waals surface area contributed by atoms with Crippen LogP contribution in [0.15, 0.2) is 41.8 Å². The number of amides is 3. The van der Waals surface area contributed by atoms with Crippen LogP contribution >= 0.6 is 11.3 Å². The normalized spacial score (nSPS) is 13.3. The first-order valence-electron chi connectivity index (χ1n) is 7.88. The van der Waals surface area contributed by atoms with Crippen molar-refractivity contribution >= 4 is 40.8 Å². The van der Waals surface area contributed by atoms with Gasteiger partial charge in [-0.25, -0.2) is 0 Å². The van der Waals surface area contributed by atoms with Crippen molar-refractivity contribution in [1.29, 1.82) is 0 Å². The van der Waals surface area contributed by atoms with Gasteiger partial charge >= 0.3 is 0 Å². The summed E-state index contributed by atoms with van der Waals surface area (Å²) in [6, 6.07) is 8.93. The van der Waals surface area contributed by atoms with Crippen LogP contribution in [0.5, 0.6) is 5.75 Å². The molecule has 0 radical (unpaired) electrons. The van der Waals surface area contributed by atoms with Crippen LogP contribution in [-0.4, -0.2) is 30.9 Å². The van der Waals surface area contributed by atoms with Crippen LogP contribution in [-0.2, 0) is 14.4 Å². The van der Waals surface area contributed by atoms with Crippen LogP contribution in [0.1, 0.15) is 10.4 Å². The molecule has 0 unspecified atom stereocenters. The van der Waals surface area contributed by atoms with E-state index in [-0.39, 0.29) is 19.1 Å². The second-order valence-corrected chi connectivity index (χ2v) is 6.52. The fourth-order valence-electron chi connectivity index (χ4n) is 2.39. The Morgan fingerprint density at radius 3 is 2.85 bits per heavy atom. The molecule has 1 aliphatic rings. The van der Waals surface area contributed by atoms with E-state index in [9.17, 15) is 14.4 Å². The highest BCUT2D eigenvalue weighted by Gasteiger charge is 2.26. The molecule has 1 aliphatic heterocycles. The first-order chi connectivity index (χ1) is 12.5. The largest absolute Gasteiger partial charge is 0.482 e. The van der Waals surface area contributed by atoms with E-state index in [0.29, 0.717) is 11.4 Å². The Bertz CT molecular complexity index is 875.